The van der Waals surface area contributed by atoms with Crippen molar-refractivity contribution in [1.82, 2.24) is 10.2 Å². The van der Waals surface area contributed by atoms with Gasteiger partial charge in [0.25, 0.3) is 0 Å². The van der Waals surface area contributed by atoms with Gasteiger partial charge in [-0.25, -0.2) is 13.2 Å². The van der Waals surface area contributed by atoms with Crippen molar-refractivity contribution < 1.29 is 17.9 Å². The highest BCUT2D eigenvalue weighted by Crippen LogP contribution is 2.34. The summed E-state index contributed by atoms with van der Waals surface area (Å²) in [6.07, 6.45) is -4.21. The zero-order valence-electron chi connectivity index (χ0n) is 17.4. The molecule has 0 N–H and O–H groups in total. The summed E-state index contributed by atoms with van der Waals surface area (Å²) in [5, 5.41) is 9.97. The van der Waals surface area contributed by atoms with Crippen molar-refractivity contribution >= 4 is 28.1 Å². The molecule has 1 heterocycles. The van der Waals surface area contributed by atoms with Crippen LogP contribution in [0.2, 0.25) is 5.02 Å². The van der Waals surface area contributed by atoms with E-state index < -0.39 is 19.0 Å². The van der Waals surface area contributed by atoms with Crippen molar-refractivity contribution in [2.24, 2.45) is 0 Å². The molecule has 9 heteroatoms. The van der Waals surface area contributed by atoms with Crippen molar-refractivity contribution in [3.05, 3.63) is 58.1 Å². The number of hydrogen-bond acceptors (Lipinski definition) is 5. The molecule has 0 spiro atoms. The van der Waals surface area contributed by atoms with E-state index in [2.05, 4.69) is 10.2 Å². The molecule has 3 rings (SSSR count). The lowest BCUT2D eigenvalue weighted by Gasteiger charge is -2.24. The minimum Gasteiger partial charge on any atom is -0.496 e. The second-order valence-corrected chi connectivity index (χ2v) is 8.55. The maximum atomic E-state index is 14.3. The molecule has 0 saturated heterocycles. The Morgan fingerprint density at radius 2 is 1.77 bits per heavy atom. The summed E-state index contributed by atoms with van der Waals surface area (Å²) in [6, 6.07) is 11.0. The lowest BCUT2D eigenvalue weighted by molar-refractivity contribution is 0.140. The first-order valence-corrected chi connectivity index (χ1v) is 10.8. The zero-order valence-corrected chi connectivity index (χ0v) is 19.0. The standard InChI is InChI=1S/C22H23ClF3N3OS/c1-13-8-16(9-14(2)20(13)30-3)21-27-28-22(31-21)29(12-19(26)18(25)10-24)11-15-6-4-5-7-17(15)23/h4-9,18-19H,10-12H2,1-3H3. The minimum absolute atomic E-state index is 0.189. The van der Waals surface area contributed by atoms with Crippen LogP contribution >= 0.6 is 22.9 Å². The number of aromatic nitrogens is 2. The molecule has 3 aromatic rings. The van der Waals surface area contributed by atoms with Crippen LogP contribution in [0.1, 0.15) is 16.7 Å². The Balaban J connectivity index is 1.93. The third kappa shape index (κ3) is 5.49. The van der Waals surface area contributed by atoms with E-state index in [1.807, 2.05) is 26.0 Å². The fourth-order valence-electron chi connectivity index (χ4n) is 3.32. The Hall–Kier alpha value is -2.32. The Kier molecular flexibility index (Phi) is 7.78. The van der Waals surface area contributed by atoms with Gasteiger partial charge in [-0.3, -0.25) is 0 Å². The number of hydrogen-bond donors (Lipinski definition) is 0. The van der Waals surface area contributed by atoms with Crippen molar-refractivity contribution in [3.63, 3.8) is 0 Å². The molecular weight excluding hydrogens is 447 g/mol. The second-order valence-electron chi connectivity index (χ2n) is 7.19. The number of anilines is 1. The number of nitrogens with zero attached hydrogens (tertiary/aromatic N) is 3. The zero-order chi connectivity index (χ0) is 22.5. The summed E-state index contributed by atoms with van der Waals surface area (Å²) in [5.74, 6) is 0.800. The van der Waals surface area contributed by atoms with Crippen LogP contribution in [0.4, 0.5) is 18.3 Å². The molecule has 2 unspecified atom stereocenters. The topological polar surface area (TPSA) is 38.3 Å². The van der Waals surface area contributed by atoms with Crippen LogP contribution in [0, 0.1) is 13.8 Å². The molecule has 31 heavy (non-hydrogen) atoms. The van der Waals surface area contributed by atoms with E-state index in [9.17, 15) is 13.2 Å². The molecule has 0 amide bonds. The number of ether oxygens (including phenoxy) is 1. The summed E-state index contributed by atoms with van der Waals surface area (Å²) in [7, 11) is 1.62. The van der Waals surface area contributed by atoms with Gasteiger partial charge in [-0.05, 0) is 48.7 Å². The van der Waals surface area contributed by atoms with Crippen molar-refractivity contribution in [3.8, 4) is 16.3 Å². The SMILES string of the molecule is COc1c(C)cc(-c2nnc(N(Cc3ccccc3Cl)CC(F)C(F)CF)s2)cc1C. The van der Waals surface area contributed by atoms with Crippen LogP contribution in [0.15, 0.2) is 36.4 Å². The summed E-state index contributed by atoms with van der Waals surface area (Å²) in [5.41, 5.74) is 3.48. The van der Waals surface area contributed by atoms with Gasteiger partial charge in [-0.1, -0.05) is 41.1 Å². The molecule has 0 radical (unpaired) electrons. The first-order chi connectivity index (χ1) is 14.8. The van der Waals surface area contributed by atoms with Crippen LogP contribution < -0.4 is 9.64 Å². The van der Waals surface area contributed by atoms with Gasteiger partial charge in [-0.2, -0.15) is 0 Å². The van der Waals surface area contributed by atoms with Crippen molar-refractivity contribution in [2.75, 3.05) is 25.2 Å². The highest BCUT2D eigenvalue weighted by molar-refractivity contribution is 7.18. The smallest absolute Gasteiger partial charge is 0.209 e. The number of rotatable bonds is 9. The molecule has 2 atom stereocenters. The van der Waals surface area contributed by atoms with Crippen LogP contribution in [-0.4, -0.2) is 42.9 Å². The van der Waals surface area contributed by atoms with E-state index in [0.29, 0.717) is 15.2 Å². The lowest BCUT2D eigenvalue weighted by atomic mass is 10.1. The maximum Gasteiger partial charge on any atom is 0.209 e. The lowest BCUT2D eigenvalue weighted by Crippen LogP contribution is -2.35. The molecule has 4 nitrogen and oxygen atoms in total. The highest BCUT2D eigenvalue weighted by Gasteiger charge is 2.26. The second kappa shape index (κ2) is 10.3. The fourth-order valence-corrected chi connectivity index (χ4v) is 4.36. The maximum absolute atomic E-state index is 14.3. The first kappa shape index (κ1) is 23.3. The predicted octanol–water partition coefficient (Wildman–Crippen LogP) is 6.14. The van der Waals surface area contributed by atoms with Gasteiger partial charge < -0.3 is 9.64 Å². The predicted molar refractivity (Wildman–Crippen MR) is 120 cm³/mol. The quantitative estimate of drug-likeness (QED) is 0.377. The van der Waals surface area contributed by atoms with E-state index >= 15 is 0 Å². The minimum atomic E-state index is -2.20. The molecule has 1 aromatic heterocycles. The normalized spacial score (nSPS) is 13.1. The van der Waals surface area contributed by atoms with Gasteiger partial charge in [0.2, 0.25) is 5.13 Å². The molecule has 0 aliphatic carbocycles. The van der Waals surface area contributed by atoms with Gasteiger partial charge in [0.1, 0.15) is 17.4 Å². The Morgan fingerprint density at radius 3 is 2.39 bits per heavy atom. The summed E-state index contributed by atoms with van der Waals surface area (Å²) in [4.78, 5) is 1.54. The molecule has 0 saturated carbocycles. The van der Waals surface area contributed by atoms with Crippen molar-refractivity contribution in [2.45, 2.75) is 32.7 Å². The van der Waals surface area contributed by atoms with Crippen LogP contribution in [-0.2, 0) is 6.54 Å². The van der Waals surface area contributed by atoms with Gasteiger partial charge in [0, 0.05) is 17.1 Å². The van der Waals surface area contributed by atoms with Crippen LogP contribution in [0.5, 0.6) is 5.75 Å². The van der Waals surface area contributed by atoms with Gasteiger partial charge >= 0.3 is 0 Å². The number of halogens is 4. The largest absolute Gasteiger partial charge is 0.496 e. The molecule has 166 valence electrons. The monoisotopic (exact) mass is 469 g/mol. The average molecular weight is 470 g/mol. The molecule has 0 fully saturated rings. The molecule has 0 aliphatic heterocycles. The van der Waals surface area contributed by atoms with Gasteiger partial charge in [0.15, 0.2) is 12.3 Å². The first-order valence-electron chi connectivity index (χ1n) is 9.65. The fraction of sp³-hybridized carbons (Fsp3) is 0.364. The summed E-state index contributed by atoms with van der Waals surface area (Å²) >= 11 is 7.50. The Bertz CT molecular complexity index is 1010. The Morgan fingerprint density at radius 1 is 1.10 bits per heavy atom. The summed E-state index contributed by atoms with van der Waals surface area (Å²) in [6.45, 7) is 2.31. The number of aryl methyl sites for hydroxylation is 2. The third-order valence-corrected chi connectivity index (χ3v) is 6.25. The highest BCUT2D eigenvalue weighted by atomic mass is 35.5. The van der Waals surface area contributed by atoms with Gasteiger partial charge in [-0.15, -0.1) is 10.2 Å². The third-order valence-electron chi connectivity index (χ3n) is 4.85. The van der Waals surface area contributed by atoms with Gasteiger partial charge in [0.05, 0.1) is 13.7 Å². The van der Waals surface area contributed by atoms with Crippen LogP contribution in [0.3, 0.4) is 0 Å². The van der Waals surface area contributed by atoms with E-state index in [-0.39, 0.29) is 13.1 Å². The van der Waals surface area contributed by atoms with E-state index in [4.69, 9.17) is 16.3 Å². The molecule has 0 aliphatic rings. The average Bonchev–Trinajstić information content (AvgIpc) is 3.24. The Labute approximate surface area is 188 Å². The van der Waals surface area contributed by atoms with E-state index in [1.165, 1.54) is 11.3 Å². The molecule has 2 aromatic carbocycles. The summed E-state index contributed by atoms with van der Waals surface area (Å²) < 4.78 is 46.0. The van der Waals surface area contributed by atoms with E-state index in [1.54, 1.807) is 36.3 Å². The molecular formula is C22H23ClF3N3OS. The number of benzene rings is 2. The van der Waals surface area contributed by atoms with E-state index in [0.717, 1.165) is 28.0 Å². The number of methoxy groups -OCH3 is 1. The molecule has 0 bridgehead atoms. The van der Waals surface area contributed by atoms with Crippen LogP contribution in [0.25, 0.3) is 10.6 Å². The van der Waals surface area contributed by atoms with Crippen molar-refractivity contribution in [1.29, 1.82) is 0 Å². The number of alkyl halides is 3.